The molecule has 0 fully saturated rings. The number of anilines is 1. The normalized spacial score (nSPS) is 10.7. The van der Waals surface area contributed by atoms with Crippen molar-refractivity contribution in [2.75, 3.05) is 11.9 Å². The summed E-state index contributed by atoms with van der Waals surface area (Å²) in [6.45, 7) is 3.08. The van der Waals surface area contributed by atoms with Gasteiger partial charge in [0.1, 0.15) is 0 Å². The molecule has 7 heteroatoms. The predicted molar refractivity (Wildman–Crippen MR) is 107 cm³/mol. The molecule has 0 atom stereocenters. The van der Waals surface area contributed by atoms with Crippen LogP contribution in [0.15, 0.2) is 42.5 Å². The van der Waals surface area contributed by atoms with Crippen molar-refractivity contribution in [1.82, 2.24) is 4.98 Å². The number of carbonyl (C=O) groups is 2. The number of esters is 1. The summed E-state index contributed by atoms with van der Waals surface area (Å²) >= 11 is 12.0. The molecule has 0 spiro atoms. The Morgan fingerprint density at radius 3 is 2.67 bits per heavy atom. The average Bonchev–Trinajstić information content (AvgIpc) is 2.63. The Balaban J connectivity index is 1.70. The van der Waals surface area contributed by atoms with Gasteiger partial charge in [0.05, 0.1) is 16.8 Å². The van der Waals surface area contributed by atoms with Gasteiger partial charge in [-0.1, -0.05) is 29.3 Å². The zero-order valence-corrected chi connectivity index (χ0v) is 16.2. The molecule has 0 aliphatic heterocycles. The van der Waals surface area contributed by atoms with Crippen molar-refractivity contribution in [3.63, 3.8) is 0 Å². The minimum Gasteiger partial charge on any atom is -0.452 e. The largest absolute Gasteiger partial charge is 0.452 e. The molecule has 3 aromatic rings. The highest BCUT2D eigenvalue weighted by Gasteiger charge is 2.15. The lowest BCUT2D eigenvalue weighted by Crippen LogP contribution is -2.21. The number of amides is 1. The number of hydrogen-bond acceptors (Lipinski definition) is 4. The Morgan fingerprint density at radius 2 is 1.89 bits per heavy atom. The van der Waals surface area contributed by atoms with E-state index in [1.807, 2.05) is 0 Å². The Labute approximate surface area is 166 Å². The molecular weight excluding hydrogens is 387 g/mol. The molecule has 0 aliphatic carbocycles. The maximum Gasteiger partial charge on any atom is 0.340 e. The van der Waals surface area contributed by atoms with Gasteiger partial charge in [0.2, 0.25) is 0 Å². The number of nitrogens with one attached hydrogen (secondary N) is 1. The van der Waals surface area contributed by atoms with Crippen molar-refractivity contribution >= 4 is 51.7 Å². The van der Waals surface area contributed by atoms with E-state index in [1.165, 1.54) is 0 Å². The van der Waals surface area contributed by atoms with Crippen LogP contribution in [0.1, 0.15) is 21.6 Å². The van der Waals surface area contributed by atoms with E-state index in [1.54, 1.807) is 56.3 Å². The third-order valence-corrected chi connectivity index (χ3v) is 4.71. The number of pyridine rings is 1. The van der Waals surface area contributed by atoms with Crippen LogP contribution in [0.2, 0.25) is 10.0 Å². The fraction of sp³-hybridized carbons (Fsp3) is 0.150. The second kappa shape index (κ2) is 7.94. The van der Waals surface area contributed by atoms with E-state index >= 15 is 0 Å². The summed E-state index contributed by atoms with van der Waals surface area (Å²) in [4.78, 5) is 28.8. The van der Waals surface area contributed by atoms with Crippen molar-refractivity contribution in [1.29, 1.82) is 0 Å². The zero-order chi connectivity index (χ0) is 19.6. The Kier molecular flexibility index (Phi) is 5.63. The molecule has 3 rings (SSSR count). The minimum atomic E-state index is -0.625. The third-order valence-electron chi connectivity index (χ3n) is 4.06. The van der Waals surface area contributed by atoms with Gasteiger partial charge in [0, 0.05) is 21.1 Å². The van der Waals surface area contributed by atoms with Crippen LogP contribution in [0.25, 0.3) is 10.9 Å². The van der Waals surface area contributed by atoms with Gasteiger partial charge in [-0.25, -0.2) is 4.79 Å². The van der Waals surface area contributed by atoms with Gasteiger partial charge < -0.3 is 10.1 Å². The van der Waals surface area contributed by atoms with Crippen molar-refractivity contribution in [3.8, 4) is 0 Å². The molecule has 0 radical (unpaired) electrons. The molecule has 27 heavy (non-hydrogen) atoms. The van der Waals surface area contributed by atoms with E-state index < -0.39 is 18.5 Å². The number of aromatic nitrogens is 1. The van der Waals surface area contributed by atoms with Gasteiger partial charge >= 0.3 is 5.97 Å². The number of fused-ring (bicyclic) bond motifs is 1. The molecule has 138 valence electrons. The standard InChI is InChI=1S/C20H16Cl2N2O3/c1-11-16(22)4-3-5-17(11)24-19(25)10-27-20(26)15-9-13-8-14(21)6-7-18(13)23-12(15)2/h3-9H,10H2,1-2H3,(H,24,25). The molecule has 0 unspecified atom stereocenters. The zero-order valence-electron chi connectivity index (χ0n) is 14.7. The Bertz CT molecular complexity index is 1050. The van der Waals surface area contributed by atoms with Crippen LogP contribution in [0.3, 0.4) is 0 Å². The maximum atomic E-state index is 12.4. The molecule has 0 saturated carbocycles. The topological polar surface area (TPSA) is 68.3 Å². The van der Waals surface area contributed by atoms with Gasteiger partial charge in [-0.15, -0.1) is 0 Å². The Morgan fingerprint density at radius 1 is 1.11 bits per heavy atom. The second-order valence-electron chi connectivity index (χ2n) is 6.00. The number of carbonyl (C=O) groups excluding carboxylic acids is 2. The molecule has 0 aliphatic rings. The van der Waals surface area contributed by atoms with E-state index in [2.05, 4.69) is 10.3 Å². The molecule has 0 saturated heterocycles. The molecule has 0 bridgehead atoms. The van der Waals surface area contributed by atoms with E-state index in [-0.39, 0.29) is 5.56 Å². The fourth-order valence-corrected chi connectivity index (χ4v) is 2.94. The smallest absolute Gasteiger partial charge is 0.340 e. The maximum absolute atomic E-state index is 12.4. The molecular formula is C20H16Cl2N2O3. The third kappa shape index (κ3) is 4.38. The first-order valence-electron chi connectivity index (χ1n) is 8.14. The monoisotopic (exact) mass is 402 g/mol. The van der Waals surface area contributed by atoms with Crippen molar-refractivity contribution in [3.05, 3.63) is 69.3 Å². The molecule has 1 heterocycles. The second-order valence-corrected chi connectivity index (χ2v) is 6.84. The number of rotatable bonds is 4. The highest BCUT2D eigenvalue weighted by Crippen LogP contribution is 2.23. The average molecular weight is 403 g/mol. The first-order chi connectivity index (χ1) is 12.8. The first kappa shape index (κ1) is 19.1. The summed E-state index contributed by atoms with van der Waals surface area (Å²) in [7, 11) is 0. The SMILES string of the molecule is Cc1nc2ccc(Cl)cc2cc1C(=O)OCC(=O)Nc1cccc(Cl)c1C. The van der Waals surface area contributed by atoms with Crippen LogP contribution >= 0.6 is 23.2 Å². The van der Waals surface area contributed by atoms with Crippen LogP contribution in [0.5, 0.6) is 0 Å². The molecule has 2 aromatic carbocycles. The highest BCUT2D eigenvalue weighted by atomic mass is 35.5. The summed E-state index contributed by atoms with van der Waals surface area (Å²) < 4.78 is 5.14. The molecule has 1 aromatic heterocycles. The first-order valence-corrected chi connectivity index (χ1v) is 8.90. The highest BCUT2D eigenvalue weighted by molar-refractivity contribution is 6.32. The molecule has 1 N–H and O–H groups in total. The van der Waals surface area contributed by atoms with Crippen molar-refractivity contribution < 1.29 is 14.3 Å². The predicted octanol–water partition coefficient (Wildman–Crippen LogP) is 4.95. The quantitative estimate of drug-likeness (QED) is 0.626. The van der Waals surface area contributed by atoms with Gasteiger partial charge in [0.25, 0.3) is 5.91 Å². The van der Waals surface area contributed by atoms with Crippen LogP contribution in [-0.2, 0) is 9.53 Å². The van der Waals surface area contributed by atoms with Gasteiger partial charge in [-0.3, -0.25) is 9.78 Å². The summed E-state index contributed by atoms with van der Waals surface area (Å²) in [6.07, 6.45) is 0. The van der Waals surface area contributed by atoms with Crippen LogP contribution < -0.4 is 5.32 Å². The number of benzene rings is 2. The molecule has 1 amide bonds. The lowest BCUT2D eigenvalue weighted by atomic mass is 10.1. The van der Waals surface area contributed by atoms with Crippen molar-refractivity contribution in [2.45, 2.75) is 13.8 Å². The Hall–Kier alpha value is -2.63. The number of aryl methyl sites for hydroxylation is 1. The van der Waals surface area contributed by atoms with E-state index in [9.17, 15) is 9.59 Å². The number of ether oxygens (including phenoxy) is 1. The van der Waals surface area contributed by atoms with Crippen LogP contribution in [0, 0.1) is 13.8 Å². The lowest BCUT2D eigenvalue weighted by molar-refractivity contribution is -0.119. The number of nitrogens with zero attached hydrogens (tertiary/aromatic N) is 1. The molecule has 5 nitrogen and oxygen atoms in total. The fourth-order valence-electron chi connectivity index (χ4n) is 2.59. The summed E-state index contributed by atoms with van der Waals surface area (Å²) in [5.74, 6) is -1.08. The van der Waals surface area contributed by atoms with Crippen LogP contribution in [0.4, 0.5) is 5.69 Å². The summed E-state index contributed by atoms with van der Waals surface area (Å²) in [6, 6.07) is 12.1. The number of halogens is 2. The van der Waals surface area contributed by atoms with Crippen molar-refractivity contribution in [2.24, 2.45) is 0 Å². The van der Waals surface area contributed by atoms with Gasteiger partial charge in [-0.05, 0) is 55.8 Å². The number of hydrogen-bond donors (Lipinski definition) is 1. The van der Waals surface area contributed by atoms with E-state index in [4.69, 9.17) is 27.9 Å². The summed E-state index contributed by atoms with van der Waals surface area (Å²) in [5.41, 5.74) is 2.84. The minimum absolute atomic E-state index is 0.288. The van der Waals surface area contributed by atoms with Gasteiger partial charge in [-0.2, -0.15) is 0 Å². The lowest BCUT2D eigenvalue weighted by Gasteiger charge is -2.11. The van der Waals surface area contributed by atoms with Crippen LogP contribution in [-0.4, -0.2) is 23.5 Å². The summed E-state index contributed by atoms with van der Waals surface area (Å²) in [5, 5.41) is 4.49. The van der Waals surface area contributed by atoms with Gasteiger partial charge in [0.15, 0.2) is 6.61 Å². The van der Waals surface area contributed by atoms with E-state index in [0.717, 1.165) is 16.5 Å². The van der Waals surface area contributed by atoms with E-state index in [0.29, 0.717) is 21.4 Å².